The number of carbonyl (C=O) groups excluding carboxylic acids is 6. The highest BCUT2D eigenvalue weighted by atomic mass is 79.9. The first-order valence-corrected chi connectivity index (χ1v) is 15.1. The van der Waals surface area contributed by atoms with Gasteiger partial charge in [-0.05, 0) is 142 Å². The molecule has 0 saturated carbocycles. The zero-order valence-corrected chi connectivity index (χ0v) is 29.5. The summed E-state index contributed by atoms with van der Waals surface area (Å²) < 4.78 is -0.0696. The van der Waals surface area contributed by atoms with Crippen molar-refractivity contribution in [3.63, 3.8) is 0 Å². The summed E-state index contributed by atoms with van der Waals surface area (Å²) in [5, 5.41) is 0.889. The van der Waals surface area contributed by atoms with Crippen LogP contribution in [0.15, 0.2) is 26.8 Å². The second-order valence-corrected chi connectivity index (χ2v) is 12.6. The summed E-state index contributed by atoms with van der Waals surface area (Å²) in [5.74, 6) is -1.79. The van der Waals surface area contributed by atoms with Gasteiger partial charge in [-0.25, -0.2) is 0 Å². The molecule has 0 heterocycles. The summed E-state index contributed by atoms with van der Waals surface area (Å²) in [6, 6.07) is 0. The fourth-order valence-corrected chi connectivity index (χ4v) is 10.2. The molecule has 0 bridgehead atoms. The largest absolute Gasteiger partial charge is 0.324 e. The van der Waals surface area contributed by atoms with Crippen LogP contribution in [0.3, 0.4) is 0 Å². The molecule has 0 unspecified atom stereocenters. The number of carbonyl (C=O) groups is 6. The lowest BCUT2D eigenvalue weighted by atomic mass is 10.1. The Balaban J connectivity index is 2.45. The summed E-state index contributed by atoms with van der Waals surface area (Å²) in [7, 11) is 0. The van der Waals surface area contributed by atoms with Gasteiger partial charge in [-0.1, -0.05) is 0 Å². The normalized spacial score (nSPS) is 10.6. The van der Waals surface area contributed by atoms with Crippen LogP contribution < -0.4 is 10.6 Å². The molecule has 18 heteroatoms. The Labute approximate surface area is 278 Å². The lowest BCUT2D eigenvalue weighted by Crippen LogP contribution is -2.23. The van der Waals surface area contributed by atoms with Gasteiger partial charge in [-0.15, -0.1) is 0 Å². The number of anilines is 2. The number of amides is 2. The van der Waals surface area contributed by atoms with Crippen molar-refractivity contribution < 1.29 is 28.8 Å². The molecule has 0 saturated heterocycles. The third-order valence-corrected chi connectivity index (χ3v) is 9.78. The maximum absolute atomic E-state index is 12.7. The first-order valence-electron chi connectivity index (χ1n) is 8.82. The van der Waals surface area contributed by atoms with Crippen LogP contribution in [0.2, 0.25) is 0 Å². The van der Waals surface area contributed by atoms with Crippen molar-refractivity contribution in [1.29, 1.82) is 0 Å². The lowest BCUT2D eigenvalue weighted by molar-refractivity contribution is -0.123. The number of benzene rings is 2. The van der Waals surface area contributed by atoms with E-state index in [9.17, 15) is 28.8 Å². The van der Waals surface area contributed by atoms with Gasteiger partial charge in [0.1, 0.15) is 6.42 Å². The molecule has 0 fully saturated rings. The fraction of sp³-hybridized carbons (Fsp3) is 0.0526. The van der Waals surface area contributed by atoms with Gasteiger partial charge in [0, 0.05) is 8.95 Å². The van der Waals surface area contributed by atoms with Crippen LogP contribution in [0, 0.1) is 0 Å². The predicted octanol–water partition coefficient (Wildman–Crippen LogP) is 8.74. The Bertz CT molecular complexity index is 1250. The molecule has 0 spiro atoms. The molecule has 0 atom stereocenters. The van der Waals surface area contributed by atoms with Crippen molar-refractivity contribution in [3.05, 3.63) is 49.1 Å². The number of rotatable bonds is 8. The van der Waals surface area contributed by atoms with E-state index in [-0.39, 0.29) is 60.5 Å². The third kappa shape index (κ3) is 7.25. The van der Waals surface area contributed by atoms with E-state index in [2.05, 4.69) is 106 Å². The summed E-state index contributed by atoms with van der Waals surface area (Å²) in [6.45, 7) is 0. The summed E-state index contributed by atoms with van der Waals surface area (Å²) in [4.78, 5) is 73.0. The highest BCUT2D eigenvalue weighted by Crippen LogP contribution is 2.45. The predicted molar refractivity (Wildman–Crippen MR) is 162 cm³/mol. The zero-order chi connectivity index (χ0) is 28.5. The second kappa shape index (κ2) is 13.6. The van der Waals surface area contributed by atoms with Gasteiger partial charge in [0.2, 0.25) is 11.8 Å². The quantitative estimate of drug-likeness (QED) is 0.201. The first kappa shape index (κ1) is 33.3. The average molecular weight is 977 g/mol. The van der Waals surface area contributed by atoms with Crippen molar-refractivity contribution in [3.8, 4) is 0 Å². The Hall–Kier alpha value is 0.1000. The molecule has 37 heavy (non-hydrogen) atoms. The number of halogens is 10. The molecule has 0 aliphatic rings. The van der Waals surface area contributed by atoms with Crippen molar-refractivity contribution in [2.24, 2.45) is 0 Å². The van der Waals surface area contributed by atoms with Crippen LogP contribution in [0.5, 0.6) is 0 Å². The number of nitrogens with one attached hydrogen (secondary N) is 2. The van der Waals surface area contributed by atoms with Gasteiger partial charge in [-0.3, -0.25) is 28.8 Å². The van der Waals surface area contributed by atoms with Gasteiger partial charge < -0.3 is 10.6 Å². The minimum atomic E-state index is -0.974. The van der Waals surface area contributed by atoms with E-state index in [0.29, 0.717) is 0 Å². The van der Waals surface area contributed by atoms with Crippen molar-refractivity contribution in [2.75, 3.05) is 10.6 Å². The summed E-state index contributed by atoms with van der Waals surface area (Å²) in [6.07, 6.45) is -0.799. The zero-order valence-electron chi connectivity index (χ0n) is 16.9. The Kier molecular flexibility index (Phi) is 12.3. The van der Waals surface area contributed by atoms with Crippen molar-refractivity contribution >= 4 is 186 Å². The van der Waals surface area contributed by atoms with Crippen molar-refractivity contribution in [2.45, 2.75) is 6.42 Å². The lowest BCUT2D eigenvalue weighted by Gasteiger charge is -2.18. The van der Waals surface area contributed by atoms with Gasteiger partial charge in [-0.2, -0.15) is 0 Å². The highest BCUT2D eigenvalue weighted by Gasteiger charge is 2.29. The second-order valence-electron chi connectivity index (χ2n) is 6.50. The van der Waals surface area contributed by atoms with Crippen LogP contribution in [0.1, 0.15) is 47.9 Å². The Morgan fingerprint density at radius 2 is 0.676 bits per heavy atom. The van der Waals surface area contributed by atoms with E-state index >= 15 is 0 Å². The summed E-state index contributed by atoms with van der Waals surface area (Å²) in [5.41, 5.74) is -1.02. The van der Waals surface area contributed by atoms with Gasteiger partial charge in [0.25, 0.3) is 21.0 Å². The first-order chi connectivity index (χ1) is 17.0. The smallest absolute Gasteiger partial charge is 0.254 e. The molecule has 0 radical (unpaired) electrons. The Morgan fingerprint density at radius 3 is 0.865 bits per heavy atom. The molecular weight excluding hydrogens is 973 g/mol. The molecule has 2 aromatic rings. The van der Waals surface area contributed by atoms with Crippen LogP contribution in [-0.4, -0.2) is 32.8 Å². The van der Waals surface area contributed by atoms with E-state index in [1.165, 1.54) is 0 Å². The topological polar surface area (TPSA) is 126 Å². The highest BCUT2D eigenvalue weighted by molar-refractivity contribution is 9.12. The van der Waals surface area contributed by atoms with Crippen LogP contribution >= 0.6 is 142 Å². The van der Waals surface area contributed by atoms with Gasteiger partial charge in [0.05, 0.1) is 51.5 Å². The number of hydrogen-bond acceptors (Lipinski definition) is 6. The van der Waals surface area contributed by atoms with E-state index in [1.54, 1.807) is 0 Å². The summed E-state index contributed by atoms with van der Waals surface area (Å²) >= 11 is 41.2. The minimum absolute atomic E-state index is 0.00407. The van der Waals surface area contributed by atoms with Crippen LogP contribution in [0.4, 0.5) is 11.4 Å². The SMILES string of the molecule is O=C(CC(=O)Nc1c(Br)c(C(=O)Cl)c(Br)c(C(=O)Cl)c1Br)Nc1c(Br)c(C(=O)Cl)c(Br)c(C(=O)Cl)c1Br. The molecule has 2 aromatic carbocycles. The monoisotopic (exact) mass is 969 g/mol. The van der Waals surface area contributed by atoms with E-state index in [4.69, 9.17) is 46.4 Å². The van der Waals surface area contributed by atoms with Gasteiger partial charge in [0.15, 0.2) is 0 Å². The molecule has 2 N–H and O–H groups in total. The molecule has 0 aliphatic carbocycles. The standard InChI is InChI=1S/C19H4Br6Cl4N2O6/c20-8-4(16(26)34)10(22)14(11(23)5(8)17(27)35)30-2(32)1-3(33)31-15-12(24)6(18(28)36)9(21)7(13(15)25)19(29)37/h1H2,(H,30,32)(H,31,33). The maximum atomic E-state index is 12.7. The molecule has 0 aliphatic heterocycles. The minimum Gasteiger partial charge on any atom is -0.324 e. The van der Waals surface area contributed by atoms with E-state index < -0.39 is 39.2 Å². The molecule has 196 valence electrons. The molecule has 0 aromatic heterocycles. The molecule has 2 rings (SSSR count). The number of hydrogen-bond donors (Lipinski definition) is 2. The van der Waals surface area contributed by atoms with E-state index in [0.717, 1.165) is 0 Å². The van der Waals surface area contributed by atoms with Gasteiger partial charge >= 0.3 is 0 Å². The van der Waals surface area contributed by atoms with E-state index in [1.807, 2.05) is 0 Å². The van der Waals surface area contributed by atoms with Crippen LogP contribution in [-0.2, 0) is 9.59 Å². The third-order valence-electron chi connectivity index (χ3n) is 4.27. The Morgan fingerprint density at radius 1 is 0.459 bits per heavy atom. The average Bonchev–Trinajstić information content (AvgIpc) is 2.73. The fourth-order valence-electron chi connectivity index (χ4n) is 2.75. The maximum Gasteiger partial charge on any atom is 0.254 e. The van der Waals surface area contributed by atoms with Crippen LogP contribution in [0.25, 0.3) is 0 Å². The van der Waals surface area contributed by atoms with Crippen molar-refractivity contribution in [1.82, 2.24) is 0 Å². The molecule has 8 nitrogen and oxygen atoms in total. The molecular formula is C19H4Br6Cl4N2O6. The molecule has 2 amide bonds.